The minimum Gasteiger partial charge on any atom is -0.412 e. The van der Waals surface area contributed by atoms with Crippen molar-refractivity contribution >= 4 is 23.4 Å². The van der Waals surface area contributed by atoms with Crippen LogP contribution in [0.4, 0.5) is 0 Å². The third-order valence-corrected chi connectivity index (χ3v) is 7.94. The maximum Gasteiger partial charge on any atom is 0.225 e. The van der Waals surface area contributed by atoms with E-state index in [0.717, 1.165) is 51.9 Å². The van der Waals surface area contributed by atoms with Crippen LogP contribution in [-0.2, 0) is 9.59 Å². The van der Waals surface area contributed by atoms with E-state index in [1.807, 2.05) is 4.90 Å². The lowest BCUT2D eigenvalue weighted by Crippen LogP contribution is -2.54. The summed E-state index contributed by atoms with van der Waals surface area (Å²) in [6.07, 6.45) is 10.5. The number of hydrogen-bond donors (Lipinski definition) is 1. The zero-order chi connectivity index (χ0) is 23.5. The fraction of sp³-hybridized carbons (Fsp3) is 0.778. The summed E-state index contributed by atoms with van der Waals surface area (Å²) >= 11 is 6.23. The number of carbonyl (C=O) groups excluding carboxylic acids is 2. The summed E-state index contributed by atoms with van der Waals surface area (Å²) < 4.78 is 0. The standard InChI is InChI=1S/C26H42ClN3O2.CH4.2H2O/c1-18(2)24(28-25(32)21-7-6-13-30(15-21)19(3)31)16-29-14-12-23(26(4,5)17-29)20-8-10-22(27)11-9-20;;;/h8-10,18,21-24H,6-7,11-17H2,1-5H3,(H,28,32);1H4;2*1H2/t21-,22?,23?,24+;;;/m1.../s1. The minimum atomic E-state index is -0.0909. The Morgan fingerprint density at radius 1 is 1.20 bits per heavy atom. The Labute approximate surface area is 217 Å². The van der Waals surface area contributed by atoms with Crippen molar-refractivity contribution in [1.29, 1.82) is 0 Å². The van der Waals surface area contributed by atoms with Crippen molar-refractivity contribution < 1.29 is 20.5 Å². The highest BCUT2D eigenvalue weighted by atomic mass is 35.5. The van der Waals surface area contributed by atoms with Gasteiger partial charge < -0.3 is 26.1 Å². The van der Waals surface area contributed by atoms with E-state index in [-0.39, 0.29) is 52.9 Å². The Morgan fingerprint density at radius 2 is 1.89 bits per heavy atom. The van der Waals surface area contributed by atoms with Crippen molar-refractivity contribution in [2.75, 3.05) is 32.7 Å². The molecule has 3 aliphatic rings. The largest absolute Gasteiger partial charge is 0.412 e. The quantitative estimate of drug-likeness (QED) is 0.547. The molecule has 0 aromatic carbocycles. The number of alkyl halides is 1. The average molecular weight is 516 g/mol. The SMILES string of the molecule is C.CC(=O)N1CCC[C@@H](C(=O)N[C@@H](CN2CCC(C3=CCC(Cl)C=C3)C(C)(C)C2)C(C)C)C1.O.O. The fourth-order valence-electron chi connectivity index (χ4n) is 5.59. The van der Waals surface area contributed by atoms with Crippen LogP contribution in [0, 0.1) is 23.2 Å². The normalized spacial score (nSPS) is 27.0. The zero-order valence-electron chi connectivity index (χ0n) is 21.6. The average Bonchev–Trinajstić information content (AvgIpc) is 2.73. The van der Waals surface area contributed by atoms with Gasteiger partial charge in [-0.05, 0) is 55.1 Å². The molecule has 2 fully saturated rings. The molecule has 2 aliphatic heterocycles. The van der Waals surface area contributed by atoms with Crippen molar-refractivity contribution in [2.45, 2.75) is 79.1 Å². The first-order valence-corrected chi connectivity index (χ1v) is 12.8. The second-order valence-corrected chi connectivity index (χ2v) is 11.6. The Balaban J connectivity index is 0.00000385. The summed E-state index contributed by atoms with van der Waals surface area (Å²) in [4.78, 5) is 29.1. The molecular weight excluding hydrogens is 466 g/mol. The summed E-state index contributed by atoms with van der Waals surface area (Å²) in [6.45, 7) is 15.0. The lowest BCUT2D eigenvalue weighted by Gasteiger charge is -2.46. The number of piperidine rings is 2. The van der Waals surface area contributed by atoms with E-state index in [1.54, 1.807) is 6.92 Å². The van der Waals surface area contributed by atoms with E-state index >= 15 is 0 Å². The topological polar surface area (TPSA) is 116 Å². The van der Waals surface area contributed by atoms with Gasteiger partial charge in [0.2, 0.25) is 11.8 Å². The molecule has 1 aliphatic carbocycles. The molecule has 35 heavy (non-hydrogen) atoms. The zero-order valence-corrected chi connectivity index (χ0v) is 22.3. The number of hydrogen-bond acceptors (Lipinski definition) is 3. The molecule has 5 N–H and O–H groups in total. The van der Waals surface area contributed by atoms with Crippen molar-refractivity contribution in [3.8, 4) is 0 Å². The lowest BCUT2D eigenvalue weighted by molar-refractivity contribution is -0.134. The van der Waals surface area contributed by atoms with Crippen LogP contribution in [0.15, 0.2) is 23.8 Å². The molecule has 7 nitrogen and oxygen atoms in total. The second kappa shape index (κ2) is 14.4. The van der Waals surface area contributed by atoms with Crippen LogP contribution in [0.5, 0.6) is 0 Å². The van der Waals surface area contributed by atoms with Crippen molar-refractivity contribution in [1.82, 2.24) is 15.1 Å². The van der Waals surface area contributed by atoms with Crippen LogP contribution in [-0.4, -0.2) is 76.7 Å². The van der Waals surface area contributed by atoms with Gasteiger partial charge in [-0.3, -0.25) is 9.59 Å². The van der Waals surface area contributed by atoms with E-state index < -0.39 is 0 Å². The molecule has 2 amide bonds. The monoisotopic (exact) mass is 515 g/mol. The molecule has 0 saturated carbocycles. The molecule has 3 rings (SSSR count). The molecular formula is C27H50ClN3O4. The minimum absolute atomic E-state index is 0. The van der Waals surface area contributed by atoms with Crippen molar-refractivity contribution in [3.63, 3.8) is 0 Å². The van der Waals surface area contributed by atoms with E-state index in [9.17, 15) is 9.59 Å². The van der Waals surface area contributed by atoms with Gasteiger partial charge in [0.15, 0.2) is 0 Å². The van der Waals surface area contributed by atoms with Gasteiger partial charge in [0, 0.05) is 39.1 Å². The molecule has 0 spiro atoms. The molecule has 2 unspecified atom stereocenters. The number of amides is 2. The Morgan fingerprint density at radius 3 is 2.43 bits per heavy atom. The highest BCUT2D eigenvalue weighted by Crippen LogP contribution is 2.41. The van der Waals surface area contributed by atoms with E-state index in [2.05, 4.69) is 56.1 Å². The van der Waals surface area contributed by atoms with Crippen LogP contribution in [0.25, 0.3) is 0 Å². The third kappa shape index (κ3) is 8.88. The molecule has 4 atom stereocenters. The number of nitrogens with zero attached hydrogens (tertiary/aromatic N) is 2. The summed E-state index contributed by atoms with van der Waals surface area (Å²) in [7, 11) is 0. The molecule has 0 aromatic rings. The Hall–Kier alpha value is -1.41. The number of halogens is 1. The van der Waals surface area contributed by atoms with Crippen LogP contribution in [0.1, 0.15) is 67.7 Å². The molecule has 2 heterocycles. The number of rotatable bonds is 6. The Bertz CT molecular complexity index is 753. The van der Waals surface area contributed by atoms with Crippen LogP contribution < -0.4 is 5.32 Å². The highest BCUT2D eigenvalue weighted by Gasteiger charge is 2.38. The number of carbonyl (C=O) groups is 2. The molecule has 0 radical (unpaired) electrons. The van der Waals surface area contributed by atoms with Gasteiger partial charge in [-0.1, -0.05) is 53.3 Å². The van der Waals surface area contributed by atoms with Gasteiger partial charge in [0.1, 0.15) is 0 Å². The summed E-state index contributed by atoms with van der Waals surface area (Å²) in [5, 5.41) is 3.47. The fourth-order valence-corrected chi connectivity index (χ4v) is 5.75. The summed E-state index contributed by atoms with van der Waals surface area (Å²) in [6, 6.07) is 0.119. The van der Waals surface area contributed by atoms with Gasteiger partial charge in [0.05, 0.1) is 11.3 Å². The van der Waals surface area contributed by atoms with Crippen LogP contribution in [0.3, 0.4) is 0 Å². The number of nitrogens with one attached hydrogen (secondary N) is 1. The first-order chi connectivity index (χ1) is 15.1. The van der Waals surface area contributed by atoms with E-state index in [4.69, 9.17) is 11.6 Å². The number of allylic oxidation sites excluding steroid dienone is 4. The molecule has 0 bridgehead atoms. The van der Waals surface area contributed by atoms with Crippen LogP contribution in [0.2, 0.25) is 0 Å². The summed E-state index contributed by atoms with van der Waals surface area (Å²) in [5.74, 6) is 0.990. The number of likely N-dealkylation sites (tertiary alicyclic amines) is 2. The Kier molecular flexibility index (Phi) is 13.8. The lowest BCUT2D eigenvalue weighted by atomic mass is 9.69. The van der Waals surface area contributed by atoms with Crippen molar-refractivity contribution in [3.05, 3.63) is 23.8 Å². The van der Waals surface area contributed by atoms with E-state index in [0.29, 0.717) is 18.4 Å². The van der Waals surface area contributed by atoms with Crippen molar-refractivity contribution in [2.24, 2.45) is 23.2 Å². The van der Waals surface area contributed by atoms with Gasteiger partial charge in [-0.25, -0.2) is 0 Å². The first-order valence-electron chi connectivity index (χ1n) is 12.4. The predicted octanol–water partition coefficient (Wildman–Crippen LogP) is 3.21. The first kappa shape index (κ1) is 33.6. The molecule has 204 valence electrons. The summed E-state index contributed by atoms with van der Waals surface area (Å²) in [5.41, 5.74) is 1.61. The smallest absolute Gasteiger partial charge is 0.225 e. The van der Waals surface area contributed by atoms with Gasteiger partial charge >= 0.3 is 0 Å². The maximum absolute atomic E-state index is 13.0. The maximum atomic E-state index is 13.0. The molecule has 0 aromatic heterocycles. The highest BCUT2D eigenvalue weighted by molar-refractivity contribution is 6.22. The molecule has 8 heteroatoms. The molecule has 2 saturated heterocycles. The van der Waals surface area contributed by atoms with Crippen LogP contribution >= 0.6 is 11.6 Å². The second-order valence-electron chi connectivity index (χ2n) is 11.0. The van der Waals surface area contributed by atoms with Gasteiger partial charge in [-0.15, -0.1) is 11.6 Å². The third-order valence-electron chi connectivity index (χ3n) is 7.61. The van der Waals surface area contributed by atoms with E-state index in [1.165, 1.54) is 5.57 Å². The van der Waals surface area contributed by atoms with Gasteiger partial charge in [-0.2, -0.15) is 0 Å². The van der Waals surface area contributed by atoms with Gasteiger partial charge in [0.25, 0.3) is 0 Å². The predicted molar refractivity (Wildman–Crippen MR) is 146 cm³/mol.